The van der Waals surface area contributed by atoms with Crippen LogP contribution < -0.4 is 4.90 Å². The minimum Gasteiger partial charge on any atom is -0.354 e. The molecule has 2 rings (SSSR count). The Balaban J connectivity index is 1.83. The summed E-state index contributed by atoms with van der Waals surface area (Å²) in [6, 6.07) is 3.80. The number of likely N-dealkylation sites (N-methyl/N-ethyl adjacent to an activating group) is 1. The molecule has 1 amide bonds. The maximum Gasteiger partial charge on any atom is 0.236 e. The monoisotopic (exact) mass is 310 g/mol. The lowest BCUT2D eigenvalue weighted by atomic mass is 10.3. The maximum absolute atomic E-state index is 12.1. The summed E-state index contributed by atoms with van der Waals surface area (Å²) >= 11 is 5.86. The standard InChI is InChI=1S/C15H23ClN4O/c1-3-19(4-2)15(21)12-18-7-9-20(10-8-18)14-6-5-13(16)11-17-14/h5-6,11H,3-4,7-10,12H2,1-2H3. The number of hydrogen-bond donors (Lipinski definition) is 0. The molecule has 0 radical (unpaired) electrons. The van der Waals surface area contributed by atoms with Gasteiger partial charge in [0, 0.05) is 45.5 Å². The largest absolute Gasteiger partial charge is 0.354 e. The number of carbonyl (C=O) groups is 1. The third kappa shape index (κ3) is 4.32. The number of piperazine rings is 1. The van der Waals surface area contributed by atoms with E-state index in [4.69, 9.17) is 11.6 Å². The number of amides is 1. The van der Waals surface area contributed by atoms with Crippen molar-refractivity contribution in [2.24, 2.45) is 0 Å². The topological polar surface area (TPSA) is 39.7 Å². The van der Waals surface area contributed by atoms with E-state index in [0.29, 0.717) is 11.6 Å². The summed E-state index contributed by atoms with van der Waals surface area (Å²) < 4.78 is 0. The molecule has 5 nitrogen and oxygen atoms in total. The molecule has 1 fully saturated rings. The van der Waals surface area contributed by atoms with Crippen LogP contribution in [0.5, 0.6) is 0 Å². The third-order valence-corrected chi connectivity index (χ3v) is 4.11. The van der Waals surface area contributed by atoms with Gasteiger partial charge >= 0.3 is 0 Å². The van der Waals surface area contributed by atoms with Gasteiger partial charge in [-0.05, 0) is 26.0 Å². The second kappa shape index (κ2) is 7.61. The molecule has 1 saturated heterocycles. The summed E-state index contributed by atoms with van der Waals surface area (Å²) in [4.78, 5) is 22.8. The molecule has 1 aliphatic heterocycles. The highest BCUT2D eigenvalue weighted by Crippen LogP contribution is 2.16. The van der Waals surface area contributed by atoms with E-state index in [9.17, 15) is 4.79 Å². The van der Waals surface area contributed by atoms with E-state index in [0.717, 1.165) is 45.1 Å². The Morgan fingerprint density at radius 1 is 1.24 bits per heavy atom. The van der Waals surface area contributed by atoms with Crippen LogP contribution in [0.3, 0.4) is 0 Å². The molecule has 0 saturated carbocycles. The van der Waals surface area contributed by atoms with E-state index in [1.165, 1.54) is 0 Å². The Kier molecular flexibility index (Phi) is 5.82. The molecule has 0 bridgehead atoms. The van der Waals surface area contributed by atoms with E-state index in [1.807, 2.05) is 30.9 Å². The van der Waals surface area contributed by atoms with Gasteiger partial charge in [-0.2, -0.15) is 0 Å². The van der Waals surface area contributed by atoms with Crippen LogP contribution in [-0.4, -0.2) is 66.5 Å². The van der Waals surface area contributed by atoms with Crippen molar-refractivity contribution in [3.05, 3.63) is 23.4 Å². The number of pyridine rings is 1. The Morgan fingerprint density at radius 2 is 1.90 bits per heavy atom. The van der Waals surface area contributed by atoms with Crippen LogP contribution in [0.25, 0.3) is 0 Å². The molecule has 0 aliphatic carbocycles. The fourth-order valence-corrected chi connectivity index (χ4v) is 2.67. The van der Waals surface area contributed by atoms with Crippen molar-refractivity contribution in [3.8, 4) is 0 Å². The summed E-state index contributed by atoms with van der Waals surface area (Å²) in [5.41, 5.74) is 0. The third-order valence-electron chi connectivity index (χ3n) is 3.88. The fourth-order valence-electron chi connectivity index (χ4n) is 2.56. The van der Waals surface area contributed by atoms with Crippen molar-refractivity contribution in [2.45, 2.75) is 13.8 Å². The Labute approximate surface area is 131 Å². The van der Waals surface area contributed by atoms with E-state index < -0.39 is 0 Å². The molecule has 0 spiro atoms. The summed E-state index contributed by atoms with van der Waals surface area (Å²) in [5.74, 6) is 1.17. The molecule has 0 unspecified atom stereocenters. The molecule has 21 heavy (non-hydrogen) atoms. The number of carbonyl (C=O) groups excluding carboxylic acids is 1. The predicted molar refractivity (Wildman–Crippen MR) is 85.8 cm³/mol. The molecule has 116 valence electrons. The molecule has 0 aromatic carbocycles. The van der Waals surface area contributed by atoms with Crippen molar-refractivity contribution in [3.63, 3.8) is 0 Å². The Bertz CT molecular complexity index is 453. The number of halogens is 1. The molecule has 0 N–H and O–H groups in total. The Hall–Kier alpha value is -1.33. The highest BCUT2D eigenvalue weighted by Gasteiger charge is 2.21. The van der Waals surface area contributed by atoms with Crippen LogP contribution in [0.15, 0.2) is 18.3 Å². The zero-order valence-corrected chi connectivity index (χ0v) is 13.5. The molecule has 1 aromatic rings. The second-order valence-electron chi connectivity index (χ2n) is 5.16. The molecule has 1 aliphatic rings. The summed E-state index contributed by atoms with van der Waals surface area (Å²) in [6.45, 7) is 9.67. The maximum atomic E-state index is 12.1. The molecular formula is C15H23ClN4O. The zero-order valence-electron chi connectivity index (χ0n) is 12.8. The van der Waals surface area contributed by atoms with Crippen LogP contribution in [0, 0.1) is 0 Å². The summed E-state index contributed by atoms with van der Waals surface area (Å²) in [5, 5.41) is 0.655. The first-order valence-corrected chi connectivity index (χ1v) is 7.88. The number of aromatic nitrogens is 1. The van der Waals surface area contributed by atoms with Gasteiger partial charge < -0.3 is 9.80 Å². The van der Waals surface area contributed by atoms with Crippen molar-refractivity contribution in [1.29, 1.82) is 0 Å². The minimum atomic E-state index is 0.220. The van der Waals surface area contributed by atoms with Gasteiger partial charge in [-0.15, -0.1) is 0 Å². The smallest absolute Gasteiger partial charge is 0.236 e. The van der Waals surface area contributed by atoms with Gasteiger partial charge in [0.05, 0.1) is 11.6 Å². The number of nitrogens with zero attached hydrogens (tertiary/aromatic N) is 4. The van der Waals surface area contributed by atoms with Gasteiger partial charge in [0.1, 0.15) is 5.82 Å². The molecular weight excluding hydrogens is 288 g/mol. The van der Waals surface area contributed by atoms with Crippen LogP contribution in [-0.2, 0) is 4.79 Å². The molecule has 1 aromatic heterocycles. The number of hydrogen-bond acceptors (Lipinski definition) is 4. The minimum absolute atomic E-state index is 0.220. The lowest BCUT2D eigenvalue weighted by molar-refractivity contribution is -0.132. The van der Waals surface area contributed by atoms with E-state index in [-0.39, 0.29) is 5.91 Å². The highest BCUT2D eigenvalue weighted by atomic mass is 35.5. The summed E-state index contributed by atoms with van der Waals surface area (Å²) in [6.07, 6.45) is 1.67. The number of anilines is 1. The van der Waals surface area contributed by atoms with Gasteiger partial charge in [-0.25, -0.2) is 4.98 Å². The average Bonchev–Trinajstić information content (AvgIpc) is 2.50. The first kappa shape index (κ1) is 16.0. The highest BCUT2D eigenvalue weighted by molar-refractivity contribution is 6.30. The van der Waals surface area contributed by atoms with Crippen LogP contribution in [0.1, 0.15) is 13.8 Å². The van der Waals surface area contributed by atoms with Gasteiger partial charge in [0.15, 0.2) is 0 Å². The van der Waals surface area contributed by atoms with E-state index in [2.05, 4.69) is 14.8 Å². The van der Waals surface area contributed by atoms with Crippen molar-refractivity contribution in [1.82, 2.24) is 14.8 Å². The van der Waals surface area contributed by atoms with Gasteiger partial charge in [-0.1, -0.05) is 11.6 Å². The van der Waals surface area contributed by atoms with Crippen molar-refractivity contribution < 1.29 is 4.79 Å². The van der Waals surface area contributed by atoms with Crippen LogP contribution in [0.4, 0.5) is 5.82 Å². The van der Waals surface area contributed by atoms with E-state index >= 15 is 0 Å². The van der Waals surface area contributed by atoms with Crippen molar-refractivity contribution >= 4 is 23.3 Å². The first-order valence-electron chi connectivity index (χ1n) is 7.50. The van der Waals surface area contributed by atoms with E-state index in [1.54, 1.807) is 6.20 Å². The Morgan fingerprint density at radius 3 is 2.43 bits per heavy atom. The quantitative estimate of drug-likeness (QED) is 0.830. The van der Waals surface area contributed by atoms with Crippen LogP contribution in [0.2, 0.25) is 5.02 Å². The fraction of sp³-hybridized carbons (Fsp3) is 0.600. The van der Waals surface area contributed by atoms with Crippen LogP contribution >= 0.6 is 11.6 Å². The van der Waals surface area contributed by atoms with Crippen molar-refractivity contribution in [2.75, 3.05) is 50.7 Å². The zero-order chi connectivity index (χ0) is 15.2. The SMILES string of the molecule is CCN(CC)C(=O)CN1CCN(c2ccc(Cl)cn2)CC1. The summed E-state index contributed by atoms with van der Waals surface area (Å²) in [7, 11) is 0. The normalized spacial score (nSPS) is 16.0. The lowest BCUT2D eigenvalue weighted by Crippen LogP contribution is -2.50. The second-order valence-corrected chi connectivity index (χ2v) is 5.60. The van der Waals surface area contributed by atoms with Gasteiger partial charge in [0.25, 0.3) is 0 Å². The first-order chi connectivity index (χ1) is 10.1. The molecule has 6 heteroatoms. The number of rotatable bonds is 5. The van der Waals surface area contributed by atoms with Gasteiger partial charge in [-0.3, -0.25) is 9.69 Å². The molecule has 2 heterocycles. The predicted octanol–water partition coefficient (Wildman–Crippen LogP) is 1.73. The average molecular weight is 311 g/mol. The lowest BCUT2D eigenvalue weighted by Gasteiger charge is -2.35. The molecule has 0 atom stereocenters. The van der Waals surface area contributed by atoms with Gasteiger partial charge in [0.2, 0.25) is 5.91 Å².